The summed E-state index contributed by atoms with van der Waals surface area (Å²) in [7, 11) is 0. The lowest BCUT2D eigenvalue weighted by molar-refractivity contribution is 0.00803. The van der Waals surface area contributed by atoms with Gasteiger partial charge in [0.25, 0.3) is 0 Å². The molecule has 0 fully saturated rings. The zero-order valence-electron chi connectivity index (χ0n) is 9.37. The smallest absolute Gasteiger partial charge is 0.153 e. The molecule has 1 aromatic carbocycles. The van der Waals surface area contributed by atoms with Gasteiger partial charge in [-0.15, -0.1) is 0 Å². The minimum Gasteiger partial charge on any atom is -0.489 e. The molecule has 0 spiro atoms. The first-order valence-electron chi connectivity index (χ1n) is 5.09. The molecule has 0 bridgehead atoms. The summed E-state index contributed by atoms with van der Waals surface area (Å²) in [6, 6.07) is 5.23. The molecular formula is C12H15BrO3. The van der Waals surface area contributed by atoms with Crippen molar-refractivity contribution in [3.8, 4) is 5.75 Å². The third-order valence-corrected chi connectivity index (χ3v) is 3.04. The van der Waals surface area contributed by atoms with Crippen molar-refractivity contribution in [1.82, 2.24) is 0 Å². The third kappa shape index (κ3) is 3.32. The molecular weight excluding hydrogens is 272 g/mol. The molecule has 0 radical (unpaired) electrons. The molecule has 16 heavy (non-hydrogen) atoms. The van der Waals surface area contributed by atoms with Gasteiger partial charge >= 0.3 is 0 Å². The van der Waals surface area contributed by atoms with Crippen LogP contribution in [0.3, 0.4) is 0 Å². The number of para-hydroxylation sites is 1. The minimum absolute atomic E-state index is 0.160. The normalized spacial score (nSPS) is 14.2. The van der Waals surface area contributed by atoms with Gasteiger partial charge in [0, 0.05) is 0 Å². The number of halogens is 1. The Morgan fingerprint density at radius 1 is 1.56 bits per heavy atom. The highest BCUT2D eigenvalue weighted by Crippen LogP contribution is 2.28. The number of aliphatic hydroxyl groups is 1. The molecule has 0 saturated heterocycles. The number of carbonyl (C=O) groups is 1. The van der Waals surface area contributed by atoms with Gasteiger partial charge in [0.2, 0.25) is 0 Å². The fourth-order valence-corrected chi connectivity index (χ4v) is 1.60. The van der Waals surface area contributed by atoms with E-state index in [0.29, 0.717) is 22.2 Å². The van der Waals surface area contributed by atoms with Crippen molar-refractivity contribution in [3.05, 3.63) is 28.2 Å². The molecule has 1 aromatic rings. The molecule has 1 atom stereocenters. The number of hydrogen-bond acceptors (Lipinski definition) is 3. The highest BCUT2D eigenvalue weighted by molar-refractivity contribution is 9.10. The van der Waals surface area contributed by atoms with Crippen molar-refractivity contribution in [2.45, 2.75) is 25.9 Å². The Bertz CT molecular complexity index is 375. The van der Waals surface area contributed by atoms with Crippen molar-refractivity contribution in [2.75, 3.05) is 6.61 Å². The van der Waals surface area contributed by atoms with E-state index in [0.717, 1.165) is 6.29 Å². The predicted molar refractivity (Wildman–Crippen MR) is 65.9 cm³/mol. The molecule has 0 saturated carbocycles. The van der Waals surface area contributed by atoms with E-state index in [1.54, 1.807) is 25.1 Å². The lowest BCUT2D eigenvalue weighted by Gasteiger charge is -2.22. The van der Waals surface area contributed by atoms with Crippen LogP contribution in [0.1, 0.15) is 30.6 Å². The Kier molecular flexibility index (Phi) is 4.50. The van der Waals surface area contributed by atoms with Gasteiger partial charge in [-0.2, -0.15) is 0 Å². The molecule has 0 aliphatic rings. The van der Waals surface area contributed by atoms with Crippen LogP contribution in [0.5, 0.6) is 5.75 Å². The van der Waals surface area contributed by atoms with E-state index in [2.05, 4.69) is 15.9 Å². The van der Waals surface area contributed by atoms with Crippen molar-refractivity contribution in [3.63, 3.8) is 0 Å². The standard InChI is InChI=1S/C12H15BrO3/c1-3-12(2,15)8-16-11-9(7-14)5-4-6-10(11)13/h4-7,15H,3,8H2,1-2H3. The van der Waals surface area contributed by atoms with Gasteiger partial charge in [-0.1, -0.05) is 13.0 Å². The molecule has 4 heteroatoms. The lowest BCUT2D eigenvalue weighted by Crippen LogP contribution is -2.31. The summed E-state index contributed by atoms with van der Waals surface area (Å²) < 4.78 is 6.20. The van der Waals surface area contributed by atoms with Gasteiger partial charge in [0.1, 0.15) is 12.4 Å². The summed E-state index contributed by atoms with van der Waals surface area (Å²) in [4.78, 5) is 10.8. The number of benzene rings is 1. The van der Waals surface area contributed by atoms with Crippen LogP contribution in [0.2, 0.25) is 0 Å². The monoisotopic (exact) mass is 286 g/mol. The van der Waals surface area contributed by atoms with E-state index in [9.17, 15) is 9.90 Å². The van der Waals surface area contributed by atoms with Gasteiger partial charge in [-0.05, 0) is 41.4 Å². The quantitative estimate of drug-likeness (QED) is 0.847. The minimum atomic E-state index is -0.880. The van der Waals surface area contributed by atoms with E-state index in [1.165, 1.54) is 0 Å². The second kappa shape index (κ2) is 5.46. The summed E-state index contributed by atoms with van der Waals surface area (Å²) in [5, 5.41) is 9.81. The zero-order chi connectivity index (χ0) is 12.2. The Labute approximate surface area is 104 Å². The topological polar surface area (TPSA) is 46.5 Å². The van der Waals surface area contributed by atoms with Crippen LogP contribution >= 0.6 is 15.9 Å². The zero-order valence-corrected chi connectivity index (χ0v) is 11.0. The van der Waals surface area contributed by atoms with Crippen LogP contribution in [0, 0.1) is 0 Å². The summed E-state index contributed by atoms with van der Waals surface area (Å²) in [5.41, 5.74) is -0.406. The van der Waals surface area contributed by atoms with Gasteiger partial charge in [-0.3, -0.25) is 4.79 Å². The lowest BCUT2D eigenvalue weighted by atomic mass is 10.1. The number of aldehydes is 1. The van der Waals surface area contributed by atoms with Gasteiger partial charge < -0.3 is 9.84 Å². The maximum absolute atomic E-state index is 10.8. The van der Waals surface area contributed by atoms with Crippen molar-refractivity contribution >= 4 is 22.2 Å². The Morgan fingerprint density at radius 2 is 2.25 bits per heavy atom. The van der Waals surface area contributed by atoms with E-state index in [4.69, 9.17) is 4.74 Å². The summed E-state index contributed by atoms with van der Waals surface area (Å²) in [5.74, 6) is 0.478. The molecule has 1 N–H and O–H groups in total. The largest absolute Gasteiger partial charge is 0.489 e. The SMILES string of the molecule is CCC(C)(O)COc1c(Br)cccc1C=O. The summed E-state index contributed by atoms with van der Waals surface area (Å²) in [6.07, 6.45) is 1.33. The molecule has 0 aliphatic heterocycles. The van der Waals surface area contributed by atoms with Crippen molar-refractivity contribution in [2.24, 2.45) is 0 Å². The maximum atomic E-state index is 10.8. The predicted octanol–water partition coefficient (Wildman–Crippen LogP) is 2.80. The van der Waals surface area contributed by atoms with Crippen LogP contribution < -0.4 is 4.74 Å². The second-order valence-corrected chi connectivity index (χ2v) is 4.77. The summed E-state index contributed by atoms with van der Waals surface area (Å²) >= 11 is 3.31. The maximum Gasteiger partial charge on any atom is 0.153 e. The van der Waals surface area contributed by atoms with Gasteiger partial charge in [0.05, 0.1) is 15.6 Å². The molecule has 0 aromatic heterocycles. The van der Waals surface area contributed by atoms with Crippen LogP contribution in [0.4, 0.5) is 0 Å². The van der Waals surface area contributed by atoms with E-state index in [-0.39, 0.29) is 6.61 Å². The molecule has 1 unspecified atom stereocenters. The third-order valence-electron chi connectivity index (χ3n) is 2.41. The van der Waals surface area contributed by atoms with Crippen LogP contribution in [-0.4, -0.2) is 23.6 Å². The average molecular weight is 287 g/mol. The summed E-state index contributed by atoms with van der Waals surface area (Å²) in [6.45, 7) is 3.74. The Hall–Kier alpha value is -0.870. The highest BCUT2D eigenvalue weighted by Gasteiger charge is 2.19. The van der Waals surface area contributed by atoms with Crippen molar-refractivity contribution in [1.29, 1.82) is 0 Å². The first-order chi connectivity index (χ1) is 7.50. The van der Waals surface area contributed by atoms with Crippen LogP contribution in [0.25, 0.3) is 0 Å². The first-order valence-corrected chi connectivity index (χ1v) is 5.88. The fraction of sp³-hybridized carbons (Fsp3) is 0.417. The average Bonchev–Trinajstić information content (AvgIpc) is 2.27. The van der Waals surface area contributed by atoms with Crippen molar-refractivity contribution < 1.29 is 14.6 Å². The first kappa shape index (κ1) is 13.2. The molecule has 1 rings (SSSR count). The molecule has 0 aliphatic carbocycles. The molecule has 0 heterocycles. The number of ether oxygens (including phenoxy) is 1. The Morgan fingerprint density at radius 3 is 2.81 bits per heavy atom. The van der Waals surface area contributed by atoms with E-state index in [1.807, 2.05) is 6.92 Å². The number of rotatable bonds is 5. The van der Waals surface area contributed by atoms with Gasteiger partial charge in [-0.25, -0.2) is 0 Å². The highest BCUT2D eigenvalue weighted by atomic mass is 79.9. The fourth-order valence-electron chi connectivity index (χ4n) is 1.10. The van der Waals surface area contributed by atoms with Crippen LogP contribution in [0.15, 0.2) is 22.7 Å². The Balaban J connectivity index is 2.84. The van der Waals surface area contributed by atoms with E-state index >= 15 is 0 Å². The number of hydrogen-bond donors (Lipinski definition) is 1. The molecule has 3 nitrogen and oxygen atoms in total. The van der Waals surface area contributed by atoms with Crippen LogP contribution in [-0.2, 0) is 0 Å². The van der Waals surface area contributed by atoms with Gasteiger partial charge in [0.15, 0.2) is 6.29 Å². The molecule has 88 valence electrons. The molecule has 0 amide bonds. The number of carbonyl (C=O) groups excluding carboxylic acids is 1. The van der Waals surface area contributed by atoms with E-state index < -0.39 is 5.60 Å². The second-order valence-electron chi connectivity index (χ2n) is 3.92.